The van der Waals surface area contributed by atoms with Crippen molar-refractivity contribution < 1.29 is 39.8 Å². The highest BCUT2D eigenvalue weighted by Crippen LogP contribution is 2.41. The van der Waals surface area contributed by atoms with E-state index in [1.54, 1.807) is 13.8 Å². The van der Waals surface area contributed by atoms with Crippen LogP contribution < -0.4 is 0 Å². The lowest BCUT2D eigenvalue weighted by Crippen LogP contribution is -2.59. The molecular formula is C19H32O8. The molecule has 27 heavy (non-hydrogen) atoms. The fourth-order valence-corrected chi connectivity index (χ4v) is 3.77. The Kier molecular flexibility index (Phi) is 7.18. The molecule has 0 spiro atoms. The summed E-state index contributed by atoms with van der Waals surface area (Å²) in [6.07, 6.45) is -6.52. The first-order chi connectivity index (χ1) is 12.5. The quantitative estimate of drug-likeness (QED) is 0.416. The average Bonchev–Trinajstić information content (AvgIpc) is 2.60. The highest BCUT2D eigenvalue weighted by molar-refractivity contribution is 5.97. The Morgan fingerprint density at radius 1 is 1.19 bits per heavy atom. The molecule has 0 saturated carbocycles. The van der Waals surface area contributed by atoms with Crippen LogP contribution in [0, 0.1) is 5.41 Å². The summed E-state index contributed by atoms with van der Waals surface area (Å²) in [5.74, 6) is -0.0562. The number of carbonyl (C=O) groups excluding carboxylic acids is 1. The zero-order valence-corrected chi connectivity index (χ0v) is 16.3. The van der Waals surface area contributed by atoms with Gasteiger partial charge in [-0.3, -0.25) is 4.79 Å². The number of allylic oxidation sites excluding steroid dienone is 1. The molecule has 1 saturated heterocycles. The molecule has 0 bridgehead atoms. The van der Waals surface area contributed by atoms with Crippen LogP contribution >= 0.6 is 0 Å². The van der Waals surface area contributed by atoms with Gasteiger partial charge in [-0.1, -0.05) is 19.4 Å². The third-order valence-corrected chi connectivity index (χ3v) is 5.88. The van der Waals surface area contributed by atoms with Gasteiger partial charge in [-0.25, -0.2) is 0 Å². The standard InChI is InChI=1S/C19H32O8/c1-9(26-18-17(25)16(24)15(23)13(8-20)27-18)5-6-11-10(2)12(21)7-14(22)19(11,3)4/h9,13-18,20,22-25H,5-8H2,1-4H3. The number of hydrogen-bond acceptors (Lipinski definition) is 8. The molecule has 1 aliphatic heterocycles. The Labute approximate surface area is 159 Å². The van der Waals surface area contributed by atoms with Gasteiger partial charge >= 0.3 is 0 Å². The molecule has 0 aromatic heterocycles. The summed E-state index contributed by atoms with van der Waals surface area (Å²) in [6, 6.07) is 0. The van der Waals surface area contributed by atoms with Crippen molar-refractivity contribution >= 4 is 5.78 Å². The maximum absolute atomic E-state index is 12.1. The lowest BCUT2D eigenvalue weighted by Gasteiger charge is -2.41. The highest BCUT2D eigenvalue weighted by atomic mass is 16.7. The molecule has 8 nitrogen and oxygen atoms in total. The second-order valence-electron chi connectivity index (χ2n) is 8.15. The number of aliphatic hydroxyl groups excluding tert-OH is 5. The van der Waals surface area contributed by atoms with E-state index in [1.807, 2.05) is 13.8 Å². The van der Waals surface area contributed by atoms with E-state index in [1.165, 1.54) is 0 Å². The molecule has 0 radical (unpaired) electrons. The predicted molar refractivity (Wildman–Crippen MR) is 95.7 cm³/mol. The van der Waals surface area contributed by atoms with Gasteiger partial charge in [0.1, 0.15) is 24.4 Å². The first-order valence-electron chi connectivity index (χ1n) is 9.38. The van der Waals surface area contributed by atoms with Crippen LogP contribution in [-0.4, -0.2) is 80.8 Å². The zero-order valence-electron chi connectivity index (χ0n) is 16.3. The summed E-state index contributed by atoms with van der Waals surface area (Å²) in [7, 11) is 0. The number of Topliss-reactive ketones (excluding diaryl/α,β-unsaturated/α-hetero) is 1. The first kappa shape index (κ1) is 22.4. The van der Waals surface area contributed by atoms with Crippen molar-refractivity contribution in [2.24, 2.45) is 5.41 Å². The highest BCUT2D eigenvalue weighted by Gasteiger charge is 2.45. The number of rotatable bonds is 6. The van der Waals surface area contributed by atoms with Crippen molar-refractivity contribution in [1.82, 2.24) is 0 Å². The molecule has 156 valence electrons. The van der Waals surface area contributed by atoms with Gasteiger partial charge in [0.2, 0.25) is 0 Å². The zero-order chi connectivity index (χ0) is 20.5. The van der Waals surface area contributed by atoms with Gasteiger partial charge in [-0.2, -0.15) is 0 Å². The molecule has 0 aromatic carbocycles. The van der Waals surface area contributed by atoms with Crippen molar-refractivity contribution in [3.63, 3.8) is 0 Å². The van der Waals surface area contributed by atoms with Crippen LogP contribution in [0.15, 0.2) is 11.1 Å². The van der Waals surface area contributed by atoms with Crippen LogP contribution in [0.5, 0.6) is 0 Å². The van der Waals surface area contributed by atoms with E-state index in [9.17, 15) is 30.3 Å². The third-order valence-electron chi connectivity index (χ3n) is 5.88. The topological polar surface area (TPSA) is 137 Å². The number of carbonyl (C=O) groups is 1. The van der Waals surface area contributed by atoms with Crippen LogP contribution in [0.25, 0.3) is 0 Å². The fourth-order valence-electron chi connectivity index (χ4n) is 3.77. The molecule has 5 N–H and O–H groups in total. The maximum Gasteiger partial charge on any atom is 0.186 e. The van der Waals surface area contributed by atoms with E-state index < -0.39 is 54.9 Å². The van der Waals surface area contributed by atoms with E-state index in [-0.39, 0.29) is 12.2 Å². The predicted octanol–water partition coefficient (Wildman–Crippen LogP) is -0.352. The maximum atomic E-state index is 12.1. The normalized spacial score (nSPS) is 38.2. The van der Waals surface area contributed by atoms with Crippen LogP contribution in [0.1, 0.15) is 47.0 Å². The minimum absolute atomic E-state index is 0.0562. The fraction of sp³-hybridized carbons (Fsp3) is 0.842. The van der Waals surface area contributed by atoms with E-state index in [0.29, 0.717) is 18.4 Å². The van der Waals surface area contributed by atoms with Crippen LogP contribution in [0.3, 0.4) is 0 Å². The van der Waals surface area contributed by atoms with Gasteiger partial charge < -0.3 is 35.0 Å². The summed E-state index contributed by atoms with van der Waals surface area (Å²) in [6.45, 7) is 6.84. The molecule has 0 amide bonds. The van der Waals surface area contributed by atoms with Crippen LogP contribution in [0.2, 0.25) is 0 Å². The SMILES string of the molecule is CC1=C(CCC(C)OC2OC(CO)C(O)C(O)C2O)C(C)(C)C(O)CC1=O. The van der Waals surface area contributed by atoms with Gasteiger partial charge in [0.05, 0.1) is 18.8 Å². The lowest BCUT2D eigenvalue weighted by atomic mass is 9.68. The Hall–Kier alpha value is -0.870. The smallest absolute Gasteiger partial charge is 0.186 e. The Bertz CT molecular complexity index is 570. The number of ether oxygens (including phenoxy) is 2. The van der Waals surface area contributed by atoms with Crippen molar-refractivity contribution in [2.75, 3.05) is 6.61 Å². The monoisotopic (exact) mass is 388 g/mol. The van der Waals surface area contributed by atoms with E-state index >= 15 is 0 Å². The van der Waals surface area contributed by atoms with Gasteiger partial charge in [-0.15, -0.1) is 0 Å². The molecule has 8 heteroatoms. The van der Waals surface area contributed by atoms with E-state index in [4.69, 9.17) is 9.47 Å². The van der Waals surface area contributed by atoms with E-state index in [0.717, 1.165) is 5.57 Å². The molecule has 1 fully saturated rings. The van der Waals surface area contributed by atoms with Gasteiger partial charge in [0.25, 0.3) is 0 Å². The molecule has 7 unspecified atom stereocenters. The lowest BCUT2D eigenvalue weighted by molar-refractivity contribution is -0.310. The second kappa shape index (κ2) is 8.65. The molecule has 1 heterocycles. The minimum atomic E-state index is -1.48. The molecule has 1 aliphatic carbocycles. The molecule has 2 rings (SSSR count). The summed E-state index contributed by atoms with van der Waals surface area (Å²) in [4.78, 5) is 12.1. The second-order valence-corrected chi connectivity index (χ2v) is 8.15. The van der Waals surface area contributed by atoms with Crippen LogP contribution in [0.4, 0.5) is 0 Å². The number of ketones is 1. The average molecular weight is 388 g/mol. The number of hydrogen-bond donors (Lipinski definition) is 5. The van der Waals surface area contributed by atoms with Gasteiger partial charge in [0, 0.05) is 11.8 Å². The van der Waals surface area contributed by atoms with Crippen molar-refractivity contribution in [2.45, 2.75) is 89.9 Å². The summed E-state index contributed by atoms with van der Waals surface area (Å²) in [5.41, 5.74) is 1.04. The van der Waals surface area contributed by atoms with Crippen LogP contribution in [-0.2, 0) is 14.3 Å². The van der Waals surface area contributed by atoms with E-state index in [2.05, 4.69) is 0 Å². The van der Waals surface area contributed by atoms with Crippen molar-refractivity contribution in [1.29, 1.82) is 0 Å². The molecule has 7 atom stereocenters. The third kappa shape index (κ3) is 4.59. The van der Waals surface area contributed by atoms with Gasteiger partial charge in [0.15, 0.2) is 12.1 Å². The molecule has 2 aliphatic rings. The summed E-state index contributed by atoms with van der Waals surface area (Å²) in [5, 5.41) is 49.2. The Morgan fingerprint density at radius 2 is 1.81 bits per heavy atom. The summed E-state index contributed by atoms with van der Waals surface area (Å²) < 4.78 is 11.0. The van der Waals surface area contributed by atoms with Crippen molar-refractivity contribution in [3.8, 4) is 0 Å². The largest absolute Gasteiger partial charge is 0.394 e. The minimum Gasteiger partial charge on any atom is -0.394 e. The Balaban J connectivity index is 2.00. The van der Waals surface area contributed by atoms with Crippen molar-refractivity contribution in [3.05, 3.63) is 11.1 Å². The van der Waals surface area contributed by atoms with Gasteiger partial charge in [-0.05, 0) is 32.3 Å². The Morgan fingerprint density at radius 3 is 2.41 bits per heavy atom. The molecular weight excluding hydrogens is 356 g/mol. The first-order valence-corrected chi connectivity index (χ1v) is 9.38. The molecule has 0 aromatic rings. The summed E-state index contributed by atoms with van der Waals surface area (Å²) >= 11 is 0. The number of aliphatic hydroxyl groups is 5.